The summed E-state index contributed by atoms with van der Waals surface area (Å²) in [6, 6.07) is 12.7. The lowest BCUT2D eigenvalue weighted by Crippen LogP contribution is -2.15. The Kier molecular flexibility index (Phi) is 5.76. The molecule has 2 aromatic carbocycles. The first-order valence-corrected chi connectivity index (χ1v) is 8.52. The Hall–Kier alpha value is -3.28. The van der Waals surface area contributed by atoms with Crippen LogP contribution in [0.15, 0.2) is 54.7 Å². The number of hydrogen-bond donors (Lipinski definition) is 0. The number of pyridine rings is 1. The monoisotopic (exact) mass is 367 g/mol. The van der Waals surface area contributed by atoms with E-state index in [4.69, 9.17) is 9.47 Å². The van der Waals surface area contributed by atoms with E-state index in [0.717, 1.165) is 0 Å². The molecule has 0 amide bonds. The van der Waals surface area contributed by atoms with E-state index in [1.165, 1.54) is 6.07 Å². The van der Waals surface area contributed by atoms with Gasteiger partial charge in [-0.2, -0.15) is 0 Å². The van der Waals surface area contributed by atoms with Gasteiger partial charge in [0, 0.05) is 29.1 Å². The Labute approximate surface area is 155 Å². The summed E-state index contributed by atoms with van der Waals surface area (Å²) in [5, 5.41) is 0.379. The molecule has 1 aromatic heterocycles. The summed E-state index contributed by atoms with van der Waals surface area (Å²) in [4.78, 5) is 27.7. The van der Waals surface area contributed by atoms with Crippen molar-refractivity contribution in [2.75, 3.05) is 6.61 Å². The molecule has 3 rings (SSSR count). The van der Waals surface area contributed by atoms with Crippen molar-refractivity contribution in [3.63, 3.8) is 0 Å². The fourth-order valence-corrected chi connectivity index (χ4v) is 2.60. The van der Waals surface area contributed by atoms with Gasteiger partial charge < -0.3 is 9.47 Å². The normalized spacial score (nSPS) is 10.6. The van der Waals surface area contributed by atoms with E-state index in [0.29, 0.717) is 34.2 Å². The zero-order valence-corrected chi connectivity index (χ0v) is 14.8. The van der Waals surface area contributed by atoms with E-state index in [2.05, 4.69) is 4.98 Å². The van der Waals surface area contributed by atoms with E-state index >= 15 is 0 Å². The van der Waals surface area contributed by atoms with Crippen molar-refractivity contribution in [2.24, 2.45) is 0 Å². The van der Waals surface area contributed by atoms with Gasteiger partial charge in [-0.15, -0.1) is 0 Å². The van der Waals surface area contributed by atoms with Crippen LogP contribution in [-0.4, -0.2) is 23.3 Å². The lowest BCUT2D eigenvalue weighted by molar-refractivity contribution is -0.147. The van der Waals surface area contributed by atoms with Crippen molar-refractivity contribution < 1.29 is 23.5 Å². The van der Waals surface area contributed by atoms with E-state index in [9.17, 15) is 14.0 Å². The number of carbonyl (C=O) groups excluding carboxylic acids is 2. The minimum absolute atomic E-state index is 0.0279. The Bertz CT molecular complexity index is 970. The molecular weight excluding hydrogens is 349 g/mol. The van der Waals surface area contributed by atoms with Gasteiger partial charge in [0.15, 0.2) is 12.4 Å². The average molecular weight is 367 g/mol. The Morgan fingerprint density at radius 1 is 1.07 bits per heavy atom. The molecule has 5 nitrogen and oxygen atoms in total. The number of carbonyl (C=O) groups is 2. The topological polar surface area (TPSA) is 65.5 Å². The smallest absolute Gasteiger partial charge is 0.344 e. The fourth-order valence-electron chi connectivity index (χ4n) is 2.60. The summed E-state index contributed by atoms with van der Waals surface area (Å²) < 4.78 is 24.4. The van der Waals surface area contributed by atoms with Gasteiger partial charge in [-0.3, -0.25) is 9.78 Å². The Morgan fingerprint density at radius 2 is 1.85 bits per heavy atom. The van der Waals surface area contributed by atoms with Crippen LogP contribution in [0.5, 0.6) is 5.75 Å². The van der Waals surface area contributed by atoms with E-state index in [1.54, 1.807) is 55.6 Å². The number of Topliss-reactive ketones (excluding diaryl/α,β-unsaturated/α-hetero) is 1. The third kappa shape index (κ3) is 4.47. The molecule has 6 heteroatoms. The molecule has 0 N–H and O–H groups in total. The average Bonchev–Trinajstić information content (AvgIpc) is 2.71. The second-order valence-corrected chi connectivity index (χ2v) is 5.86. The lowest BCUT2D eigenvalue weighted by Gasteiger charge is -2.09. The maximum absolute atomic E-state index is 13.8. The first-order chi connectivity index (χ1) is 13.1. The second-order valence-electron chi connectivity index (χ2n) is 5.86. The summed E-state index contributed by atoms with van der Waals surface area (Å²) in [6.45, 7) is 1.50. The Morgan fingerprint density at radius 3 is 2.59 bits per heavy atom. The highest BCUT2D eigenvalue weighted by atomic mass is 19.1. The van der Waals surface area contributed by atoms with Crippen LogP contribution in [0.2, 0.25) is 0 Å². The van der Waals surface area contributed by atoms with Crippen molar-refractivity contribution >= 4 is 22.7 Å². The largest absolute Gasteiger partial charge is 0.482 e. The minimum atomic E-state index is -0.558. The molecular formula is C21H18FNO4. The maximum Gasteiger partial charge on any atom is 0.344 e. The van der Waals surface area contributed by atoms with Crippen molar-refractivity contribution in [2.45, 2.75) is 20.0 Å². The molecule has 27 heavy (non-hydrogen) atoms. The highest BCUT2D eigenvalue weighted by molar-refractivity contribution is 5.95. The van der Waals surface area contributed by atoms with E-state index in [1.807, 2.05) is 0 Å². The van der Waals surface area contributed by atoms with Crippen LogP contribution >= 0.6 is 0 Å². The predicted octanol–water partition coefficient (Wildman–Crippen LogP) is 4.09. The summed E-state index contributed by atoms with van der Waals surface area (Å²) >= 11 is 0. The minimum Gasteiger partial charge on any atom is -0.482 e. The number of fused-ring (bicyclic) bond motifs is 1. The molecule has 0 unspecified atom stereocenters. The summed E-state index contributed by atoms with van der Waals surface area (Å²) in [6.07, 6.45) is 1.99. The predicted molar refractivity (Wildman–Crippen MR) is 98.1 cm³/mol. The number of rotatable bonds is 7. The summed E-state index contributed by atoms with van der Waals surface area (Å²) in [7, 11) is 0. The SMILES string of the molecule is CCC(=O)c1ccc(OCC(=O)OCc2ccc(F)c3cccnc23)cc1. The van der Waals surface area contributed by atoms with Crippen molar-refractivity contribution in [3.05, 3.63) is 71.7 Å². The van der Waals surface area contributed by atoms with Gasteiger partial charge in [0.2, 0.25) is 0 Å². The molecule has 0 bridgehead atoms. The molecule has 138 valence electrons. The summed E-state index contributed by atoms with van der Waals surface area (Å²) in [5.41, 5.74) is 1.67. The molecule has 0 fully saturated rings. The van der Waals surface area contributed by atoms with Crippen LogP contribution in [0.4, 0.5) is 4.39 Å². The van der Waals surface area contributed by atoms with Crippen LogP contribution in [0, 0.1) is 5.82 Å². The highest BCUT2D eigenvalue weighted by Crippen LogP contribution is 2.20. The molecule has 0 aliphatic carbocycles. The zero-order valence-electron chi connectivity index (χ0n) is 14.8. The molecule has 0 aliphatic heterocycles. The molecule has 0 atom stereocenters. The number of hydrogen-bond acceptors (Lipinski definition) is 5. The van der Waals surface area contributed by atoms with Gasteiger partial charge in [-0.05, 0) is 42.5 Å². The number of halogens is 1. The van der Waals surface area contributed by atoms with Crippen LogP contribution in [-0.2, 0) is 16.1 Å². The first kappa shape index (κ1) is 18.5. The number of benzene rings is 2. The van der Waals surface area contributed by atoms with Crippen molar-refractivity contribution in [1.82, 2.24) is 4.98 Å². The van der Waals surface area contributed by atoms with Gasteiger partial charge in [0.1, 0.15) is 18.2 Å². The third-order valence-corrected chi connectivity index (χ3v) is 4.04. The van der Waals surface area contributed by atoms with Crippen LogP contribution < -0.4 is 4.74 Å². The third-order valence-electron chi connectivity index (χ3n) is 4.04. The fraction of sp³-hybridized carbons (Fsp3) is 0.190. The van der Waals surface area contributed by atoms with Gasteiger partial charge >= 0.3 is 5.97 Å². The second kappa shape index (κ2) is 8.40. The molecule has 0 saturated carbocycles. The van der Waals surface area contributed by atoms with Gasteiger partial charge in [-0.1, -0.05) is 13.0 Å². The number of aromatic nitrogens is 1. The zero-order chi connectivity index (χ0) is 19.2. The lowest BCUT2D eigenvalue weighted by atomic mass is 10.1. The number of ketones is 1. The number of ether oxygens (including phenoxy) is 2. The van der Waals surface area contributed by atoms with Crippen molar-refractivity contribution in [3.8, 4) is 5.75 Å². The molecule has 0 spiro atoms. The number of esters is 1. The molecule has 3 aromatic rings. The van der Waals surface area contributed by atoms with Gasteiger partial charge in [-0.25, -0.2) is 9.18 Å². The van der Waals surface area contributed by atoms with E-state index < -0.39 is 5.97 Å². The first-order valence-electron chi connectivity index (χ1n) is 8.52. The van der Waals surface area contributed by atoms with Gasteiger partial charge in [0.05, 0.1) is 5.52 Å². The van der Waals surface area contributed by atoms with Crippen LogP contribution in [0.3, 0.4) is 0 Å². The molecule has 0 aliphatic rings. The van der Waals surface area contributed by atoms with Crippen molar-refractivity contribution in [1.29, 1.82) is 0 Å². The standard InChI is InChI=1S/C21H18FNO4/c1-2-19(24)14-5-8-16(9-6-14)26-13-20(25)27-12-15-7-10-18(22)17-4-3-11-23-21(15)17/h3-11H,2,12-13H2,1H3. The quantitative estimate of drug-likeness (QED) is 0.465. The highest BCUT2D eigenvalue weighted by Gasteiger charge is 2.10. The molecule has 0 radical (unpaired) electrons. The van der Waals surface area contributed by atoms with E-state index in [-0.39, 0.29) is 24.8 Å². The van der Waals surface area contributed by atoms with Gasteiger partial charge in [0.25, 0.3) is 0 Å². The van der Waals surface area contributed by atoms with Crippen LogP contribution in [0.25, 0.3) is 10.9 Å². The Balaban J connectivity index is 1.56. The van der Waals surface area contributed by atoms with Crippen LogP contribution in [0.1, 0.15) is 29.3 Å². The molecule has 0 saturated heterocycles. The maximum atomic E-state index is 13.8. The molecule has 1 heterocycles. The summed E-state index contributed by atoms with van der Waals surface area (Å²) in [5.74, 6) is -0.423. The number of nitrogens with zero attached hydrogens (tertiary/aromatic N) is 1.